The van der Waals surface area contributed by atoms with Gasteiger partial charge >= 0.3 is 0 Å². The third-order valence-electron chi connectivity index (χ3n) is 17.1. The van der Waals surface area contributed by atoms with Gasteiger partial charge in [-0.05, 0) is 173 Å². The highest BCUT2D eigenvalue weighted by Crippen LogP contribution is 2.34. The summed E-state index contributed by atoms with van der Waals surface area (Å²) < 4.78 is 33.5. The number of pyridine rings is 2. The number of aryl methyl sites for hydroxylation is 10. The maximum atomic E-state index is 11.6. The molecule has 0 saturated heterocycles. The molecule has 3 aliphatic heterocycles. The third-order valence-corrected chi connectivity index (χ3v) is 17.6. The van der Waals surface area contributed by atoms with Crippen LogP contribution < -0.4 is 20.0 Å². The number of hydrogen-bond acceptors (Lipinski definition) is 21. The zero-order chi connectivity index (χ0) is 70.5. The van der Waals surface area contributed by atoms with Crippen molar-refractivity contribution in [3.63, 3.8) is 0 Å². The Labute approximate surface area is 573 Å². The normalized spacial score (nSPS) is 14.4. The lowest BCUT2D eigenvalue weighted by Crippen LogP contribution is -2.28. The Morgan fingerprint density at radius 1 is 0.612 bits per heavy atom. The number of fused-ring (bicyclic) bond motifs is 3. The molecule has 0 saturated carbocycles. The van der Waals surface area contributed by atoms with Crippen LogP contribution in [0.25, 0.3) is 34.2 Å². The van der Waals surface area contributed by atoms with Gasteiger partial charge in [0.25, 0.3) is 0 Å². The van der Waals surface area contributed by atoms with Crippen molar-refractivity contribution in [1.82, 2.24) is 73.6 Å². The van der Waals surface area contributed by atoms with Gasteiger partial charge in [0.2, 0.25) is 6.41 Å². The van der Waals surface area contributed by atoms with Gasteiger partial charge in [-0.1, -0.05) is 20.8 Å². The Morgan fingerprint density at radius 2 is 1.17 bits per heavy atom. The second kappa shape index (κ2) is 29.7. The molecule has 1 aromatic carbocycles. The molecule has 98 heavy (non-hydrogen) atoms. The fourth-order valence-corrected chi connectivity index (χ4v) is 12.1. The SMILES string of the molecule is CCN(CC)c1ccc(N=C2C(CS(=O)[O-])=Nn3c2nc(C#N)c3-c2cc(C)n(C)n2)c(C)c1.CCN(CC)c1ccc(N=C2C(NC=O)=Nn3c2nc(C)c3-c2cc(C)n(C)n2)c(C)n1.CCc1nc2n(c1-c1cc(C)n(C)n1)N=C(C)C2=Nc1ccc(N(CC)CC(C)C)cn1. The van der Waals surface area contributed by atoms with Gasteiger partial charge in [-0.15, -0.1) is 5.10 Å². The van der Waals surface area contributed by atoms with E-state index in [9.17, 15) is 18.8 Å². The first-order chi connectivity index (χ1) is 47.0. The van der Waals surface area contributed by atoms with E-state index in [1.165, 1.54) is 4.68 Å². The van der Waals surface area contributed by atoms with E-state index in [1.54, 1.807) is 21.1 Å². The highest BCUT2D eigenvalue weighted by atomic mass is 32.2. The number of nitrogens with zero attached hydrogens (tertiary/aromatic N) is 24. The molecule has 0 fully saturated rings. The number of imidazole rings is 3. The topological polar surface area (TPSA) is 310 Å². The molecule has 510 valence electrons. The minimum atomic E-state index is -2.38. The monoisotopic (exact) mass is 1340 g/mol. The molecule has 12 rings (SSSR count). The standard InChI is InChI=1S/C24H32N8.C23H26N8O2S.C22H27N9O/c1-8-19-23(20-12-16(5)30(7)29-20)32-24(26-19)22(17(6)28-32)27-21-11-10-18(13-25-21)31(9-2)14-15(3)4;1-6-30(7-2)16-8-9-17(14(3)10-16)25-21-20(13-34(32)33)28-31-22(19(12-24)26-23(21)31)18-11-15(4)29(5)27-18;1-7-30(8-2)18-10-9-16(14(4)24-18)26-19-21(23-12-32)28-31-20(15(5)25-22(19)31)17-11-13(3)29(6)27-17/h10-13,15H,8-9,14H2,1-7H3;8-11H,6-7,13H2,1-5H3,(H,32,33);9-12H,7-8H2,1-6H3,(H,23,28,32)/p-1. The molecule has 11 heterocycles. The average Bonchev–Trinajstić information content (AvgIpc) is 1.61. The lowest BCUT2D eigenvalue weighted by atomic mass is 10.1. The zero-order valence-corrected chi connectivity index (χ0v) is 59.8. The number of hydrogen-bond donors (Lipinski definition) is 1. The van der Waals surface area contributed by atoms with E-state index in [0.29, 0.717) is 69.8 Å². The molecule has 1 amide bonds. The number of nitrogens with one attached hydrogen (secondary N) is 1. The molecule has 0 bridgehead atoms. The molecule has 1 N–H and O–H groups in total. The van der Waals surface area contributed by atoms with Crippen LogP contribution in [0.15, 0.2) is 97.1 Å². The van der Waals surface area contributed by atoms with Gasteiger partial charge in [0.15, 0.2) is 40.5 Å². The van der Waals surface area contributed by atoms with E-state index in [1.807, 2.05) is 121 Å². The number of amidine groups is 1. The average molecular weight is 1340 g/mol. The van der Waals surface area contributed by atoms with E-state index >= 15 is 0 Å². The third kappa shape index (κ3) is 14.2. The molecule has 3 aliphatic rings. The van der Waals surface area contributed by atoms with E-state index in [0.717, 1.165) is 143 Å². The van der Waals surface area contributed by atoms with E-state index < -0.39 is 11.1 Å². The number of carbonyl (C=O) groups is 1. The second-order valence-electron chi connectivity index (χ2n) is 24.2. The van der Waals surface area contributed by atoms with Crippen LogP contribution in [-0.4, -0.2) is 163 Å². The van der Waals surface area contributed by atoms with Crippen molar-refractivity contribution < 1.29 is 13.6 Å². The Balaban J connectivity index is 0.000000159. The van der Waals surface area contributed by atoms with Crippen molar-refractivity contribution in [3.05, 3.63) is 130 Å². The molecule has 28 nitrogen and oxygen atoms in total. The van der Waals surface area contributed by atoms with Gasteiger partial charge in [-0.2, -0.15) is 30.8 Å². The van der Waals surface area contributed by atoms with E-state index in [-0.39, 0.29) is 17.2 Å². The predicted molar refractivity (Wildman–Crippen MR) is 386 cm³/mol. The van der Waals surface area contributed by atoms with Crippen LogP contribution in [0.5, 0.6) is 0 Å². The van der Waals surface area contributed by atoms with Crippen molar-refractivity contribution in [2.24, 2.45) is 57.3 Å². The maximum absolute atomic E-state index is 11.6. The highest BCUT2D eigenvalue weighted by Gasteiger charge is 2.34. The van der Waals surface area contributed by atoms with Gasteiger partial charge in [0.1, 0.15) is 63.2 Å². The van der Waals surface area contributed by atoms with Crippen LogP contribution in [0.3, 0.4) is 0 Å². The number of aromatic nitrogens is 14. The van der Waals surface area contributed by atoms with Crippen molar-refractivity contribution in [3.8, 4) is 40.2 Å². The molecule has 0 spiro atoms. The maximum Gasteiger partial charge on any atom is 0.212 e. The first kappa shape index (κ1) is 70.1. The molecular weight excluding hydrogens is 1260 g/mol. The summed E-state index contributed by atoms with van der Waals surface area (Å²) in [6.07, 6.45) is 3.29. The van der Waals surface area contributed by atoms with Crippen molar-refractivity contribution in [2.75, 3.05) is 59.7 Å². The molecule has 1 unspecified atom stereocenters. The summed E-state index contributed by atoms with van der Waals surface area (Å²) in [5, 5.41) is 39.9. The number of rotatable bonds is 20. The summed E-state index contributed by atoms with van der Waals surface area (Å²) in [6, 6.07) is 21.9. The number of amides is 1. The van der Waals surface area contributed by atoms with Gasteiger partial charge in [0.05, 0.1) is 51.8 Å². The Bertz CT molecular complexity index is 4700. The largest absolute Gasteiger partial charge is 0.772 e. The summed E-state index contributed by atoms with van der Waals surface area (Å²) in [6.45, 7) is 36.3. The molecule has 0 aliphatic carbocycles. The number of aliphatic imine (C=N–C) groups is 3. The molecule has 1 atom stereocenters. The molecule has 9 aromatic rings. The van der Waals surface area contributed by atoms with Crippen LogP contribution in [0, 0.1) is 58.8 Å². The van der Waals surface area contributed by atoms with Crippen LogP contribution >= 0.6 is 0 Å². The lowest BCUT2D eigenvalue weighted by Gasteiger charge is -2.24. The van der Waals surface area contributed by atoms with Crippen LogP contribution in [0.4, 0.5) is 34.4 Å². The minimum absolute atomic E-state index is 0.153. The van der Waals surface area contributed by atoms with Crippen molar-refractivity contribution in [2.45, 2.75) is 110 Å². The second-order valence-corrected chi connectivity index (χ2v) is 25.1. The Morgan fingerprint density at radius 3 is 1.70 bits per heavy atom. The first-order valence-corrected chi connectivity index (χ1v) is 34.0. The minimum Gasteiger partial charge on any atom is -0.772 e. The van der Waals surface area contributed by atoms with Gasteiger partial charge in [0, 0.05) is 83.2 Å². The first-order valence-electron chi connectivity index (χ1n) is 32.8. The summed E-state index contributed by atoms with van der Waals surface area (Å²) in [4.78, 5) is 55.7. The molecule has 8 aromatic heterocycles. The van der Waals surface area contributed by atoms with E-state index in [2.05, 4.69) is 135 Å². The van der Waals surface area contributed by atoms with Gasteiger partial charge in [-0.3, -0.25) is 23.0 Å². The summed E-state index contributed by atoms with van der Waals surface area (Å²) in [5.74, 6) is 3.80. The highest BCUT2D eigenvalue weighted by molar-refractivity contribution is 7.80. The number of benzene rings is 1. The van der Waals surface area contributed by atoms with Crippen LogP contribution in [-0.2, 0) is 43.4 Å². The van der Waals surface area contributed by atoms with Gasteiger partial charge < -0.3 is 24.6 Å². The smallest absolute Gasteiger partial charge is 0.212 e. The number of nitriles is 1. The fourth-order valence-electron chi connectivity index (χ4n) is 11.7. The van der Waals surface area contributed by atoms with Crippen molar-refractivity contribution >= 4 is 86.3 Å². The van der Waals surface area contributed by atoms with Crippen LogP contribution in [0.2, 0.25) is 0 Å². The molecular formula is C69H84N25O3S-. The number of carbonyl (C=O) groups excluding carboxylic acids is 1. The predicted octanol–water partition coefficient (Wildman–Crippen LogP) is 9.72. The summed E-state index contributed by atoms with van der Waals surface area (Å²) in [5.41, 5.74) is 17.2. The lowest BCUT2D eigenvalue weighted by molar-refractivity contribution is -0.108. The molecule has 29 heteroatoms. The summed E-state index contributed by atoms with van der Waals surface area (Å²) in [7, 11) is 5.64. The summed E-state index contributed by atoms with van der Waals surface area (Å²) >= 11 is -2.38. The Hall–Kier alpha value is -10.7. The Kier molecular flexibility index (Phi) is 21.3. The zero-order valence-electron chi connectivity index (χ0n) is 59.0. The van der Waals surface area contributed by atoms with Crippen LogP contribution in [0.1, 0.15) is 125 Å². The van der Waals surface area contributed by atoms with Crippen molar-refractivity contribution in [1.29, 1.82) is 5.26 Å². The molecule has 0 radical (unpaired) electrons. The van der Waals surface area contributed by atoms with Gasteiger partial charge in [-0.25, -0.2) is 53.9 Å². The quantitative estimate of drug-likeness (QED) is 0.0548. The van der Waals surface area contributed by atoms with E-state index in [4.69, 9.17) is 35.0 Å². The fraction of sp³-hybridized carbons (Fsp3) is 0.391. The number of anilines is 3.